The third kappa shape index (κ3) is 4.44. The Morgan fingerprint density at radius 1 is 1.17 bits per heavy atom. The van der Waals surface area contributed by atoms with Gasteiger partial charge in [0.2, 0.25) is 0 Å². The second-order valence-electron chi connectivity index (χ2n) is 11.1. The van der Waals surface area contributed by atoms with Crippen LogP contribution in [-0.2, 0) is 13.0 Å². The predicted molar refractivity (Wildman–Crippen MR) is 147 cm³/mol. The molecule has 1 N–H and O–H groups in total. The van der Waals surface area contributed by atoms with E-state index < -0.39 is 0 Å². The van der Waals surface area contributed by atoms with Crippen molar-refractivity contribution in [1.29, 1.82) is 5.26 Å². The van der Waals surface area contributed by atoms with Crippen LogP contribution in [0.25, 0.3) is 21.1 Å². The number of nitrogens with one attached hydrogen (secondary N) is 1. The van der Waals surface area contributed by atoms with Crippen LogP contribution in [0.2, 0.25) is 0 Å². The lowest BCUT2D eigenvalue weighted by molar-refractivity contribution is -0.0238. The maximum absolute atomic E-state index is 9.14. The van der Waals surface area contributed by atoms with Gasteiger partial charge in [-0.05, 0) is 53.6 Å². The minimum atomic E-state index is 0.189. The van der Waals surface area contributed by atoms with Crippen molar-refractivity contribution >= 4 is 47.5 Å². The number of benzene rings is 1. The molecule has 0 amide bonds. The number of likely N-dealkylation sites (tertiary alicyclic amines) is 1. The van der Waals surface area contributed by atoms with Gasteiger partial charge in [-0.1, -0.05) is 19.9 Å². The van der Waals surface area contributed by atoms with Gasteiger partial charge in [0.1, 0.15) is 17.0 Å². The molecule has 6 nitrogen and oxygen atoms in total. The topological polar surface area (TPSA) is 71.8 Å². The molecular formula is C27H31N6PS. The molecule has 180 valence electrons. The summed E-state index contributed by atoms with van der Waals surface area (Å²) in [4.78, 5) is 20.2. The van der Waals surface area contributed by atoms with Crippen molar-refractivity contribution in [2.24, 2.45) is 5.41 Å². The number of hydrogen-bond donors (Lipinski definition) is 1. The summed E-state index contributed by atoms with van der Waals surface area (Å²) < 4.78 is 0. The maximum atomic E-state index is 9.14. The Hall–Kier alpha value is -2.52. The van der Waals surface area contributed by atoms with Crippen molar-refractivity contribution in [3.8, 4) is 6.07 Å². The Morgan fingerprint density at radius 2 is 1.97 bits per heavy atom. The van der Waals surface area contributed by atoms with Crippen LogP contribution in [0, 0.1) is 16.7 Å². The van der Waals surface area contributed by atoms with Gasteiger partial charge in [-0.2, -0.15) is 5.26 Å². The molecule has 0 radical (unpaired) electrons. The number of fused-ring (bicyclic) bond motifs is 2. The summed E-state index contributed by atoms with van der Waals surface area (Å²) in [6.45, 7) is 9.92. The van der Waals surface area contributed by atoms with E-state index in [1.165, 1.54) is 34.1 Å². The zero-order valence-corrected chi connectivity index (χ0v) is 22.3. The Kier molecular flexibility index (Phi) is 5.60. The molecule has 5 heterocycles. The van der Waals surface area contributed by atoms with Crippen molar-refractivity contribution in [3.63, 3.8) is 0 Å². The molecule has 2 aliphatic heterocycles. The molecule has 2 saturated heterocycles. The van der Waals surface area contributed by atoms with Gasteiger partial charge in [-0.25, -0.2) is 9.97 Å². The Bertz CT molecular complexity index is 1430. The van der Waals surface area contributed by atoms with Gasteiger partial charge >= 0.3 is 0 Å². The third-order valence-electron chi connectivity index (χ3n) is 7.52. The SMILES string of the molecule is CC(C)(P)Cc1cc2c(N3CCC4(CC3)CN(Cc3c[nH]c5cc(C#N)ccc35)C4)ncnc2s1. The number of aromatic nitrogens is 3. The quantitative estimate of drug-likeness (QED) is 0.373. The molecule has 0 saturated carbocycles. The average molecular weight is 503 g/mol. The summed E-state index contributed by atoms with van der Waals surface area (Å²) in [5.41, 5.74) is 3.51. The second kappa shape index (κ2) is 8.55. The number of anilines is 1. The van der Waals surface area contributed by atoms with Crippen molar-refractivity contribution < 1.29 is 0 Å². The fourth-order valence-electron chi connectivity index (χ4n) is 5.83. The lowest BCUT2D eigenvalue weighted by atomic mass is 9.72. The number of hydrogen-bond acceptors (Lipinski definition) is 6. The van der Waals surface area contributed by atoms with Gasteiger partial charge in [0.25, 0.3) is 0 Å². The van der Waals surface area contributed by atoms with Crippen LogP contribution in [0.15, 0.2) is 36.8 Å². The first-order valence-electron chi connectivity index (χ1n) is 12.3. The summed E-state index contributed by atoms with van der Waals surface area (Å²) in [7, 11) is 2.95. The summed E-state index contributed by atoms with van der Waals surface area (Å²) in [6, 6.07) is 10.5. The highest BCUT2D eigenvalue weighted by Gasteiger charge is 2.45. The fourth-order valence-corrected chi connectivity index (χ4v) is 7.43. The summed E-state index contributed by atoms with van der Waals surface area (Å²) in [5, 5.41) is 11.8. The Balaban J connectivity index is 1.10. The van der Waals surface area contributed by atoms with Gasteiger partial charge in [-0.3, -0.25) is 4.90 Å². The number of thiophene rings is 1. The lowest BCUT2D eigenvalue weighted by Gasteiger charge is -2.54. The van der Waals surface area contributed by atoms with Gasteiger partial charge < -0.3 is 9.88 Å². The Morgan fingerprint density at radius 3 is 2.71 bits per heavy atom. The second-order valence-corrected chi connectivity index (χ2v) is 13.8. The van der Waals surface area contributed by atoms with E-state index in [0.717, 1.165) is 55.3 Å². The molecule has 1 aromatic carbocycles. The fraction of sp³-hybridized carbons (Fsp3) is 0.444. The molecule has 1 unspecified atom stereocenters. The molecule has 2 aliphatic rings. The smallest absolute Gasteiger partial charge is 0.140 e. The largest absolute Gasteiger partial charge is 0.361 e. The van der Waals surface area contributed by atoms with Crippen molar-refractivity contribution in [2.75, 3.05) is 31.1 Å². The molecule has 3 aromatic heterocycles. The zero-order valence-electron chi connectivity index (χ0n) is 20.3. The minimum Gasteiger partial charge on any atom is -0.361 e. The van der Waals surface area contributed by atoms with Gasteiger partial charge in [-0.15, -0.1) is 20.6 Å². The number of piperidine rings is 1. The number of nitrogens with zero attached hydrogens (tertiary/aromatic N) is 5. The molecule has 2 fully saturated rings. The van der Waals surface area contributed by atoms with Crippen LogP contribution in [0.3, 0.4) is 0 Å². The maximum Gasteiger partial charge on any atom is 0.140 e. The van der Waals surface area contributed by atoms with Crippen LogP contribution in [-0.4, -0.2) is 51.2 Å². The van der Waals surface area contributed by atoms with E-state index in [0.29, 0.717) is 11.0 Å². The molecule has 1 spiro atoms. The molecule has 1 atom stereocenters. The first-order chi connectivity index (χ1) is 16.8. The highest BCUT2D eigenvalue weighted by atomic mass is 32.1. The Labute approximate surface area is 212 Å². The summed E-state index contributed by atoms with van der Waals surface area (Å²) in [5.74, 6) is 1.11. The van der Waals surface area contributed by atoms with Crippen LogP contribution < -0.4 is 4.90 Å². The molecule has 8 heteroatoms. The van der Waals surface area contributed by atoms with Crippen molar-refractivity contribution in [2.45, 2.75) is 44.8 Å². The van der Waals surface area contributed by atoms with Gasteiger partial charge in [0.15, 0.2) is 0 Å². The van der Waals surface area contributed by atoms with Crippen LogP contribution in [0.4, 0.5) is 5.82 Å². The van der Waals surface area contributed by atoms with E-state index in [1.807, 2.05) is 12.1 Å². The first kappa shape index (κ1) is 22.9. The highest BCUT2D eigenvalue weighted by Crippen LogP contribution is 2.43. The third-order valence-corrected chi connectivity index (χ3v) is 8.77. The van der Waals surface area contributed by atoms with Crippen LogP contribution >= 0.6 is 20.6 Å². The zero-order chi connectivity index (χ0) is 24.2. The van der Waals surface area contributed by atoms with Crippen molar-refractivity contribution in [3.05, 3.63) is 52.8 Å². The number of nitriles is 1. The number of aromatic amines is 1. The molecule has 35 heavy (non-hydrogen) atoms. The van der Waals surface area contributed by atoms with E-state index in [1.54, 1.807) is 17.7 Å². The van der Waals surface area contributed by atoms with Crippen LogP contribution in [0.5, 0.6) is 0 Å². The minimum absolute atomic E-state index is 0.189. The van der Waals surface area contributed by atoms with E-state index in [-0.39, 0.29) is 5.16 Å². The van der Waals surface area contributed by atoms with Gasteiger partial charge in [0, 0.05) is 54.7 Å². The van der Waals surface area contributed by atoms with Gasteiger partial charge in [0.05, 0.1) is 17.0 Å². The highest BCUT2D eigenvalue weighted by molar-refractivity contribution is 7.20. The molecule has 6 rings (SSSR count). The lowest BCUT2D eigenvalue weighted by Crippen LogP contribution is -2.59. The normalized spacial score (nSPS) is 18.3. The average Bonchev–Trinajstić information content (AvgIpc) is 3.40. The molecule has 4 aromatic rings. The number of rotatable bonds is 5. The summed E-state index contributed by atoms with van der Waals surface area (Å²) >= 11 is 1.81. The predicted octanol–water partition coefficient (Wildman–Crippen LogP) is 5.34. The monoisotopic (exact) mass is 502 g/mol. The van der Waals surface area contributed by atoms with E-state index in [4.69, 9.17) is 10.2 Å². The van der Waals surface area contributed by atoms with E-state index in [2.05, 4.69) is 67.3 Å². The summed E-state index contributed by atoms with van der Waals surface area (Å²) in [6.07, 6.45) is 7.30. The number of H-pyrrole nitrogens is 1. The van der Waals surface area contributed by atoms with E-state index in [9.17, 15) is 0 Å². The molecule has 0 bridgehead atoms. The van der Waals surface area contributed by atoms with Crippen LogP contribution in [0.1, 0.15) is 42.7 Å². The molecule has 0 aliphatic carbocycles. The van der Waals surface area contributed by atoms with E-state index >= 15 is 0 Å². The first-order valence-corrected chi connectivity index (χ1v) is 13.7. The molecular weight excluding hydrogens is 471 g/mol. The standard InChI is InChI=1S/C27H31N6PS/c1-26(2,34)11-20-10-22-24(30-17-31-25(22)35-20)33-7-5-27(6-8-33)15-32(16-27)14-19-13-29-23-9-18(12-28)3-4-21(19)23/h3-4,9-10,13,17,29H,5-8,11,14-16,34H2,1-2H3. The van der Waals surface area contributed by atoms with Crippen molar-refractivity contribution in [1.82, 2.24) is 19.9 Å².